The van der Waals surface area contributed by atoms with E-state index in [0.29, 0.717) is 34.5 Å². The van der Waals surface area contributed by atoms with Gasteiger partial charge < -0.3 is 29.6 Å². The molecule has 0 saturated heterocycles. The first-order valence-corrected chi connectivity index (χ1v) is 13.8. The van der Waals surface area contributed by atoms with Crippen LogP contribution in [0.1, 0.15) is 70.1 Å². The zero-order valence-corrected chi connectivity index (χ0v) is 23.9. The van der Waals surface area contributed by atoms with Gasteiger partial charge in [-0.1, -0.05) is 39.0 Å². The summed E-state index contributed by atoms with van der Waals surface area (Å²) in [5.74, 6) is 1.30. The van der Waals surface area contributed by atoms with Crippen molar-refractivity contribution in [1.29, 1.82) is 0 Å². The van der Waals surface area contributed by atoms with E-state index in [0.717, 1.165) is 29.8 Å². The number of hydrogen-bond acceptors (Lipinski definition) is 8. The number of para-hydroxylation sites is 1. The van der Waals surface area contributed by atoms with Crippen LogP contribution in [0.25, 0.3) is 0 Å². The fourth-order valence-electron chi connectivity index (χ4n) is 5.36. The maximum absolute atomic E-state index is 13.3. The van der Waals surface area contributed by atoms with E-state index in [1.54, 1.807) is 35.6 Å². The molecule has 2 atom stereocenters. The Balaban J connectivity index is 1.41. The van der Waals surface area contributed by atoms with Crippen molar-refractivity contribution in [2.45, 2.75) is 46.2 Å². The molecule has 1 aliphatic carbocycles. The Hall–Kier alpha value is -3.72. The van der Waals surface area contributed by atoms with Crippen LogP contribution in [0.2, 0.25) is 0 Å². The summed E-state index contributed by atoms with van der Waals surface area (Å²) in [6.07, 6.45) is 2.42. The van der Waals surface area contributed by atoms with E-state index >= 15 is 0 Å². The number of esters is 1. The molecule has 3 aromatic rings. The molecule has 8 nitrogen and oxygen atoms in total. The zero-order valence-electron chi connectivity index (χ0n) is 23.1. The number of carbonyl (C=O) groups is 2. The number of hydrogen-bond donors (Lipinski definition) is 2. The molecular formula is C30H34N2O6S. The van der Waals surface area contributed by atoms with Gasteiger partial charge in [-0.25, -0.2) is 4.79 Å². The molecule has 1 amide bonds. The highest BCUT2D eigenvalue weighted by Gasteiger charge is 2.37. The van der Waals surface area contributed by atoms with Crippen molar-refractivity contribution in [2.75, 3.05) is 26.6 Å². The summed E-state index contributed by atoms with van der Waals surface area (Å²) in [6.45, 7) is 6.86. The van der Waals surface area contributed by atoms with E-state index in [1.165, 1.54) is 31.8 Å². The van der Waals surface area contributed by atoms with E-state index in [1.807, 2.05) is 12.1 Å². The summed E-state index contributed by atoms with van der Waals surface area (Å²) in [5.41, 5.74) is 3.03. The lowest BCUT2D eigenvalue weighted by Gasteiger charge is -2.34. The highest BCUT2D eigenvalue weighted by Crippen LogP contribution is 2.46. The van der Waals surface area contributed by atoms with Gasteiger partial charge in [0.25, 0.3) is 5.91 Å². The van der Waals surface area contributed by atoms with Gasteiger partial charge in [-0.15, -0.1) is 11.3 Å². The molecule has 9 heteroatoms. The van der Waals surface area contributed by atoms with Crippen LogP contribution in [0.15, 0.2) is 36.4 Å². The number of amides is 1. The number of methoxy groups -OCH3 is 3. The summed E-state index contributed by atoms with van der Waals surface area (Å²) in [4.78, 5) is 27.8. The van der Waals surface area contributed by atoms with Gasteiger partial charge in [-0.3, -0.25) is 4.79 Å². The molecule has 0 fully saturated rings. The molecule has 1 aromatic heterocycles. The summed E-state index contributed by atoms with van der Waals surface area (Å²) < 4.78 is 21.9. The molecule has 1 aliphatic heterocycles. The van der Waals surface area contributed by atoms with Gasteiger partial charge in [0.05, 0.1) is 32.5 Å². The van der Waals surface area contributed by atoms with Crippen molar-refractivity contribution in [1.82, 2.24) is 5.32 Å². The number of nitrogens with one attached hydrogen (secondary N) is 2. The minimum Gasteiger partial charge on any atom is -0.493 e. The predicted molar refractivity (Wildman–Crippen MR) is 151 cm³/mol. The molecule has 0 radical (unpaired) electrons. The Bertz CT molecular complexity index is 1400. The fourth-order valence-corrected chi connectivity index (χ4v) is 6.72. The van der Waals surface area contributed by atoms with Gasteiger partial charge in [-0.05, 0) is 54.4 Å². The average molecular weight is 551 g/mol. The molecule has 0 unspecified atom stereocenters. The largest absolute Gasteiger partial charge is 0.493 e. The summed E-state index contributed by atoms with van der Waals surface area (Å²) in [6, 6.07) is 10.3. The maximum atomic E-state index is 13.3. The third-order valence-corrected chi connectivity index (χ3v) is 8.79. The Morgan fingerprint density at radius 3 is 2.31 bits per heavy atom. The van der Waals surface area contributed by atoms with Gasteiger partial charge >= 0.3 is 5.97 Å². The smallest absolute Gasteiger partial charge is 0.343 e. The van der Waals surface area contributed by atoms with Crippen LogP contribution in [0.4, 0.5) is 5.00 Å². The third-order valence-electron chi connectivity index (χ3n) is 7.60. The van der Waals surface area contributed by atoms with Gasteiger partial charge in [0.1, 0.15) is 16.9 Å². The lowest BCUT2D eigenvalue weighted by molar-refractivity contribution is 0.0731. The lowest BCUT2D eigenvalue weighted by Crippen LogP contribution is -2.38. The summed E-state index contributed by atoms with van der Waals surface area (Å²) in [5, 5.41) is 7.45. The third kappa shape index (κ3) is 5.03. The monoisotopic (exact) mass is 550 g/mol. The first kappa shape index (κ1) is 26.9. The second-order valence-electron chi connectivity index (χ2n) is 10.9. The van der Waals surface area contributed by atoms with Crippen molar-refractivity contribution in [3.8, 4) is 23.0 Å². The van der Waals surface area contributed by atoms with Crippen LogP contribution in [0, 0.1) is 11.3 Å². The lowest BCUT2D eigenvalue weighted by atomic mass is 9.72. The Morgan fingerprint density at radius 2 is 1.67 bits per heavy atom. The number of fused-ring (bicyclic) bond motifs is 3. The summed E-state index contributed by atoms with van der Waals surface area (Å²) in [7, 11) is 4.47. The molecule has 2 aromatic carbocycles. The van der Waals surface area contributed by atoms with E-state index in [-0.39, 0.29) is 16.9 Å². The number of carbonyl (C=O) groups excluding carboxylic acids is 2. The quantitative estimate of drug-likeness (QED) is 0.287. The van der Waals surface area contributed by atoms with E-state index in [9.17, 15) is 9.59 Å². The normalized spacial score (nSPS) is 18.3. The van der Waals surface area contributed by atoms with Gasteiger partial charge in [0.2, 0.25) is 5.75 Å². The molecule has 39 heavy (non-hydrogen) atoms. The number of ether oxygens (including phenoxy) is 4. The molecule has 206 valence electrons. The second kappa shape index (κ2) is 10.4. The SMILES string of the molecule is COc1cc(C(=O)Oc2ccccc2[C@H]2NC(=O)c3c(sc4c3CC[C@H](C(C)(C)C)C4)N2)cc(OC)c1OC. The molecule has 2 heterocycles. The van der Waals surface area contributed by atoms with Crippen molar-refractivity contribution in [2.24, 2.45) is 11.3 Å². The highest BCUT2D eigenvalue weighted by molar-refractivity contribution is 7.16. The van der Waals surface area contributed by atoms with E-state index < -0.39 is 12.1 Å². The number of rotatable bonds is 6. The van der Waals surface area contributed by atoms with Crippen molar-refractivity contribution < 1.29 is 28.5 Å². The van der Waals surface area contributed by atoms with Crippen LogP contribution in [-0.2, 0) is 12.8 Å². The number of thiophene rings is 1. The molecule has 5 rings (SSSR count). The highest BCUT2D eigenvalue weighted by atomic mass is 32.1. The number of anilines is 1. The van der Waals surface area contributed by atoms with Crippen LogP contribution in [0.3, 0.4) is 0 Å². The molecular weight excluding hydrogens is 516 g/mol. The Kier molecular flexibility index (Phi) is 7.20. The van der Waals surface area contributed by atoms with Crippen molar-refractivity contribution in [3.63, 3.8) is 0 Å². The van der Waals surface area contributed by atoms with E-state index in [2.05, 4.69) is 31.4 Å². The Morgan fingerprint density at radius 1 is 0.974 bits per heavy atom. The predicted octanol–water partition coefficient (Wildman–Crippen LogP) is 6.00. The van der Waals surface area contributed by atoms with Gasteiger partial charge in [0.15, 0.2) is 11.5 Å². The zero-order chi connectivity index (χ0) is 27.9. The Labute approximate surface area is 232 Å². The number of benzene rings is 2. The standard InChI is InChI=1S/C30H34N2O6S/c1-30(2,3)17-11-12-19-23(15-17)39-28-24(19)27(33)31-26(32-28)18-9-7-8-10-20(18)38-29(34)16-13-21(35-4)25(37-6)22(14-16)36-5/h7-10,13-14,17,26,32H,11-12,15H2,1-6H3,(H,31,33)/t17-,26-/m0/s1. The first-order valence-electron chi connectivity index (χ1n) is 13.0. The maximum Gasteiger partial charge on any atom is 0.343 e. The van der Waals surface area contributed by atoms with Gasteiger partial charge in [-0.2, -0.15) is 0 Å². The second-order valence-corrected chi connectivity index (χ2v) is 12.0. The van der Waals surface area contributed by atoms with Gasteiger partial charge in [0, 0.05) is 10.4 Å². The average Bonchev–Trinajstić information content (AvgIpc) is 3.30. The van der Waals surface area contributed by atoms with Crippen LogP contribution < -0.4 is 29.6 Å². The fraction of sp³-hybridized carbons (Fsp3) is 0.400. The minimum absolute atomic E-state index is 0.105. The molecule has 0 spiro atoms. The minimum atomic E-state index is -0.593. The molecule has 2 aliphatic rings. The van der Waals surface area contributed by atoms with Crippen molar-refractivity contribution in [3.05, 3.63) is 63.5 Å². The molecule has 2 N–H and O–H groups in total. The topological polar surface area (TPSA) is 95.1 Å². The van der Waals surface area contributed by atoms with Crippen LogP contribution >= 0.6 is 11.3 Å². The summed E-state index contributed by atoms with van der Waals surface area (Å²) >= 11 is 1.67. The van der Waals surface area contributed by atoms with Crippen LogP contribution in [-0.4, -0.2) is 33.2 Å². The van der Waals surface area contributed by atoms with Crippen LogP contribution in [0.5, 0.6) is 23.0 Å². The first-order chi connectivity index (χ1) is 18.6. The molecule has 0 saturated carbocycles. The molecule has 0 bridgehead atoms. The van der Waals surface area contributed by atoms with E-state index in [4.69, 9.17) is 18.9 Å². The van der Waals surface area contributed by atoms with Crippen molar-refractivity contribution >= 4 is 28.2 Å².